The van der Waals surface area contributed by atoms with Gasteiger partial charge in [0.2, 0.25) is 0 Å². The van der Waals surface area contributed by atoms with Crippen LogP contribution in [0.2, 0.25) is 0 Å². The molecule has 2 aromatic rings. The molecule has 11 heteroatoms. The fourth-order valence-electron chi connectivity index (χ4n) is 1.99. The lowest BCUT2D eigenvalue weighted by molar-refractivity contribution is -0.0867. The highest BCUT2D eigenvalue weighted by Crippen LogP contribution is 2.51. The zero-order valence-electron chi connectivity index (χ0n) is 13.0. The highest BCUT2D eigenvalue weighted by Gasteiger charge is 2.47. The van der Waals surface area contributed by atoms with E-state index in [0.717, 1.165) is 17.4 Å². The van der Waals surface area contributed by atoms with Gasteiger partial charge in [0.15, 0.2) is 19.7 Å². The van der Waals surface area contributed by atoms with E-state index in [1.165, 1.54) is 0 Å². The summed E-state index contributed by atoms with van der Waals surface area (Å²) in [6, 6.07) is 7.13. The number of hydrogen-bond acceptors (Lipinski definition) is 3. The first kappa shape index (κ1) is 21.7. The van der Waals surface area contributed by atoms with Gasteiger partial charge in [-0.2, -0.15) is 13.2 Å². The zero-order chi connectivity index (χ0) is 19.6. The van der Waals surface area contributed by atoms with Crippen LogP contribution in [0.25, 0.3) is 10.1 Å². The fraction of sp³-hybridized carbons (Fsp3) is 0.429. The average Bonchev–Trinajstić information content (AvgIpc) is 2.83. The molecular formula is C14H14F6O3S2. The van der Waals surface area contributed by atoms with E-state index in [0.29, 0.717) is 16.0 Å². The van der Waals surface area contributed by atoms with Crippen LogP contribution in [0.3, 0.4) is 0 Å². The van der Waals surface area contributed by atoms with Crippen molar-refractivity contribution >= 4 is 30.7 Å². The Labute approximate surface area is 143 Å². The molecule has 25 heavy (non-hydrogen) atoms. The van der Waals surface area contributed by atoms with Gasteiger partial charge in [0.25, 0.3) is 0 Å². The van der Waals surface area contributed by atoms with E-state index < -0.39 is 31.6 Å². The smallest absolute Gasteiger partial charge is 0.600 e. The number of aryl methyl sites for hydroxylation is 2. The molecule has 0 spiro atoms. The lowest BCUT2D eigenvalue weighted by Crippen LogP contribution is -2.21. The van der Waals surface area contributed by atoms with Gasteiger partial charge in [0.05, 0.1) is 10.5 Å². The summed E-state index contributed by atoms with van der Waals surface area (Å²) in [5, 5.41) is 0.736. The minimum atomic E-state index is -6.09. The summed E-state index contributed by atoms with van der Waals surface area (Å²) in [6.45, 7) is 3.74. The van der Waals surface area contributed by atoms with Crippen molar-refractivity contribution in [3.8, 4) is 0 Å². The Bertz CT molecular complexity index is 835. The molecule has 1 unspecified atom stereocenters. The van der Waals surface area contributed by atoms with Crippen LogP contribution in [0.15, 0.2) is 24.3 Å². The summed E-state index contributed by atoms with van der Waals surface area (Å²) in [4.78, 5) is 0.501. The molecule has 0 N–H and O–H groups in total. The molecule has 0 saturated heterocycles. The lowest BCUT2D eigenvalue weighted by atomic mass is 10.1. The van der Waals surface area contributed by atoms with Crippen molar-refractivity contribution in [1.82, 2.24) is 0 Å². The SMILES string of the molecule is CCc1ccc2cc(CC)[s+](C(F)(F)F)c2c1.O=S(=O)([O-])C(F)(F)F. The predicted molar refractivity (Wildman–Crippen MR) is 82.2 cm³/mol. The monoisotopic (exact) mass is 408 g/mol. The predicted octanol–water partition coefficient (Wildman–Crippen LogP) is 5.24. The van der Waals surface area contributed by atoms with Crippen LogP contribution >= 0.6 is 10.5 Å². The molecule has 0 aliphatic carbocycles. The van der Waals surface area contributed by atoms with Gasteiger partial charge in [-0.3, -0.25) is 0 Å². The summed E-state index contributed by atoms with van der Waals surface area (Å²) in [7, 11) is -7.80. The fourth-order valence-corrected chi connectivity index (χ4v) is 3.98. The van der Waals surface area contributed by atoms with Crippen LogP contribution in [0.5, 0.6) is 0 Å². The molecule has 0 saturated carbocycles. The van der Waals surface area contributed by atoms with Crippen molar-refractivity contribution < 1.29 is 39.3 Å². The van der Waals surface area contributed by atoms with Crippen LogP contribution in [-0.2, 0) is 28.5 Å². The third-order valence-corrected chi connectivity index (χ3v) is 5.90. The summed E-state index contributed by atoms with van der Waals surface area (Å²) in [5.74, 6) is 0. The Morgan fingerprint density at radius 1 is 1.00 bits per heavy atom. The maximum Gasteiger partial charge on any atom is 0.600 e. The zero-order valence-corrected chi connectivity index (χ0v) is 14.7. The lowest BCUT2D eigenvalue weighted by Gasteiger charge is -2.08. The van der Waals surface area contributed by atoms with Crippen LogP contribution in [0.1, 0.15) is 24.3 Å². The van der Waals surface area contributed by atoms with Gasteiger partial charge < -0.3 is 4.55 Å². The van der Waals surface area contributed by atoms with E-state index in [1.54, 1.807) is 19.1 Å². The maximum atomic E-state index is 13.1. The van der Waals surface area contributed by atoms with Gasteiger partial charge in [-0.05, 0) is 18.1 Å². The van der Waals surface area contributed by atoms with Crippen molar-refractivity contribution in [2.24, 2.45) is 0 Å². The second kappa shape index (κ2) is 7.50. The first-order valence-corrected chi connectivity index (χ1v) is 9.52. The number of alkyl halides is 6. The average molecular weight is 408 g/mol. The first-order valence-electron chi connectivity index (χ1n) is 6.89. The maximum absolute atomic E-state index is 13.1. The summed E-state index contributed by atoms with van der Waals surface area (Å²) < 4.78 is 98.6. The number of halogens is 6. The van der Waals surface area contributed by atoms with Gasteiger partial charge >= 0.3 is 11.0 Å². The molecule has 142 valence electrons. The van der Waals surface area contributed by atoms with E-state index in [1.807, 2.05) is 19.1 Å². The van der Waals surface area contributed by atoms with E-state index in [4.69, 9.17) is 13.0 Å². The van der Waals surface area contributed by atoms with E-state index in [-0.39, 0.29) is 0 Å². The molecule has 0 radical (unpaired) electrons. The molecule has 0 bridgehead atoms. The molecule has 1 atom stereocenters. The van der Waals surface area contributed by atoms with Crippen molar-refractivity contribution in [1.29, 1.82) is 0 Å². The first-order chi connectivity index (χ1) is 11.2. The topological polar surface area (TPSA) is 57.2 Å². The molecule has 1 heterocycles. The van der Waals surface area contributed by atoms with Crippen LogP contribution in [0, 0.1) is 0 Å². The summed E-state index contributed by atoms with van der Waals surface area (Å²) in [6.07, 6.45) is 1.22. The largest absolute Gasteiger partial charge is 0.741 e. The standard InChI is InChI=1S/C13H14F3S.CHF3O3S/c1-3-9-5-6-10-8-11(4-2)17(12(10)7-9)13(14,15)16;2-1(3,4)8(5,6)7/h5-8H,3-4H2,1-2H3;(H,5,6,7)/q+1;/p-1. The molecular weight excluding hydrogens is 394 g/mol. The number of rotatable bonds is 2. The highest BCUT2D eigenvalue weighted by atomic mass is 32.2. The Morgan fingerprint density at radius 2 is 1.52 bits per heavy atom. The molecule has 0 amide bonds. The van der Waals surface area contributed by atoms with Gasteiger partial charge in [-0.25, -0.2) is 8.42 Å². The molecule has 1 aromatic heterocycles. The van der Waals surface area contributed by atoms with Crippen molar-refractivity contribution in [3.63, 3.8) is 0 Å². The van der Waals surface area contributed by atoms with Crippen molar-refractivity contribution in [3.05, 3.63) is 34.7 Å². The Kier molecular flexibility index (Phi) is 6.52. The van der Waals surface area contributed by atoms with E-state index in [2.05, 4.69) is 0 Å². The molecule has 0 aliphatic rings. The molecule has 3 nitrogen and oxygen atoms in total. The summed E-state index contributed by atoms with van der Waals surface area (Å²) in [5.41, 5.74) is -8.83. The van der Waals surface area contributed by atoms with E-state index in [9.17, 15) is 26.3 Å². The third-order valence-electron chi connectivity index (χ3n) is 3.15. The quantitative estimate of drug-likeness (QED) is 0.296. The second-order valence-electron chi connectivity index (χ2n) is 4.84. The van der Waals surface area contributed by atoms with E-state index >= 15 is 0 Å². The molecule has 0 aliphatic heterocycles. The highest BCUT2D eigenvalue weighted by molar-refractivity contribution is 7.86. The number of benzene rings is 1. The van der Waals surface area contributed by atoms with Crippen LogP contribution in [0.4, 0.5) is 26.3 Å². The van der Waals surface area contributed by atoms with Gasteiger partial charge in [0, 0.05) is 23.9 Å². The van der Waals surface area contributed by atoms with Gasteiger partial charge in [-0.15, -0.1) is 13.2 Å². The Morgan fingerprint density at radius 3 is 1.88 bits per heavy atom. The Hall–Kier alpha value is -1.33. The number of fused-ring (bicyclic) bond motifs is 1. The normalized spacial score (nSPS) is 13.6. The minimum absolute atomic E-state index is 0.453. The molecule has 2 rings (SSSR count). The van der Waals surface area contributed by atoms with Crippen LogP contribution < -0.4 is 0 Å². The van der Waals surface area contributed by atoms with Crippen molar-refractivity contribution in [2.45, 2.75) is 37.7 Å². The third kappa shape index (κ3) is 5.32. The van der Waals surface area contributed by atoms with Gasteiger partial charge in [-0.1, -0.05) is 19.9 Å². The van der Waals surface area contributed by atoms with Crippen LogP contribution in [-0.4, -0.2) is 18.5 Å². The number of thiophene rings is 1. The number of hydrogen-bond donors (Lipinski definition) is 0. The molecule has 0 fully saturated rings. The molecule has 1 aromatic carbocycles. The van der Waals surface area contributed by atoms with Gasteiger partial charge in [0.1, 0.15) is 0 Å². The summed E-state index contributed by atoms with van der Waals surface area (Å²) >= 11 is 0. The minimum Gasteiger partial charge on any atom is -0.741 e. The second-order valence-corrected chi connectivity index (χ2v) is 8.25. The van der Waals surface area contributed by atoms with Crippen molar-refractivity contribution in [2.75, 3.05) is 0 Å². The Balaban J connectivity index is 0.000000333.